The number of carbonyl (C=O) groups is 1. The zero-order valence-corrected chi connectivity index (χ0v) is 14.3. The van der Waals surface area contributed by atoms with Gasteiger partial charge in [0.2, 0.25) is 6.29 Å². The van der Waals surface area contributed by atoms with Crippen molar-refractivity contribution in [2.75, 3.05) is 6.61 Å². The summed E-state index contributed by atoms with van der Waals surface area (Å²) in [5.41, 5.74) is 0.824. The number of fused-ring (bicyclic) bond motifs is 1. The summed E-state index contributed by atoms with van der Waals surface area (Å²) in [6, 6.07) is 1.54. The fourth-order valence-corrected chi connectivity index (χ4v) is 3.19. The van der Waals surface area contributed by atoms with Gasteiger partial charge in [0.25, 0.3) is 0 Å². The molecule has 1 fully saturated rings. The van der Waals surface area contributed by atoms with Crippen LogP contribution in [0.1, 0.15) is 28.4 Å². The Labute approximate surface area is 149 Å². The molecule has 0 amide bonds. The van der Waals surface area contributed by atoms with E-state index in [2.05, 4.69) is 0 Å². The lowest BCUT2D eigenvalue weighted by molar-refractivity contribution is -0.277. The first-order valence-electron chi connectivity index (χ1n) is 8.28. The second-order valence-corrected chi connectivity index (χ2v) is 6.62. The van der Waals surface area contributed by atoms with Crippen LogP contribution in [0.2, 0.25) is 0 Å². The summed E-state index contributed by atoms with van der Waals surface area (Å²) in [5.74, 6) is -0.773. The van der Waals surface area contributed by atoms with Crippen LogP contribution in [0.25, 0.3) is 0 Å². The predicted molar refractivity (Wildman–Crippen MR) is 85.8 cm³/mol. The average molecular weight is 370 g/mol. The Kier molecular flexibility index (Phi) is 5.09. The zero-order valence-electron chi connectivity index (χ0n) is 14.3. The van der Waals surface area contributed by atoms with Crippen molar-refractivity contribution in [1.82, 2.24) is 0 Å². The summed E-state index contributed by atoms with van der Waals surface area (Å²) >= 11 is 0. The van der Waals surface area contributed by atoms with Crippen LogP contribution in [0.15, 0.2) is 6.07 Å². The highest BCUT2D eigenvalue weighted by atomic mass is 16.7. The number of hydrogen-bond donors (Lipinski definition) is 5. The summed E-state index contributed by atoms with van der Waals surface area (Å²) in [5, 5.41) is 49.3. The highest BCUT2D eigenvalue weighted by molar-refractivity contribution is 5.96. The second kappa shape index (κ2) is 7.01. The third kappa shape index (κ3) is 3.12. The van der Waals surface area contributed by atoms with Gasteiger partial charge in [-0.15, -0.1) is 0 Å². The molecule has 144 valence electrons. The fraction of sp³-hybridized carbons (Fsp3) is 0.588. The van der Waals surface area contributed by atoms with Crippen molar-refractivity contribution in [2.45, 2.75) is 57.1 Å². The molecular formula is C17H22O9. The van der Waals surface area contributed by atoms with Gasteiger partial charge in [-0.05, 0) is 25.5 Å². The van der Waals surface area contributed by atoms with Gasteiger partial charge in [0.1, 0.15) is 47.6 Å². The van der Waals surface area contributed by atoms with Crippen molar-refractivity contribution in [1.29, 1.82) is 0 Å². The number of aromatic hydroxyl groups is 1. The highest BCUT2D eigenvalue weighted by Crippen LogP contribution is 2.38. The van der Waals surface area contributed by atoms with E-state index in [-0.39, 0.29) is 28.7 Å². The minimum Gasteiger partial charge on any atom is -0.507 e. The van der Waals surface area contributed by atoms with Crippen LogP contribution in [0.5, 0.6) is 11.5 Å². The van der Waals surface area contributed by atoms with Gasteiger partial charge in [-0.25, -0.2) is 4.79 Å². The van der Waals surface area contributed by atoms with Crippen LogP contribution >= 0.6 is 0 Å². The van der Waals surface area contributed by atoms with Gasteiger partial charge in [0.15, 0.2) is 0 Å². The van der Waals surface area contributed by atoms with Crippen LogP contribution in [-0.2, 0) is 15.9 Å². The summed E-state index contributed by atoms with van der Waals surface area (Å²) in [6.45, 7) is 2.65. The monoisotopic (exact) mass is 370 g/mol. The molecule has 0 aliphatic carbocycles. The standard InChI is InChI=1S/C17H22O9/c1-6-3-8-4-9(7(2)12(19)11(8)16(23)24-6)25-17-15(22)14(21)13(20)10(5-18)26-17/h4,6,10,13-15,17-22H,3,5H2,1-2H3. The van der Waals surface area contributed by atoms with E-state index < -0.39 is 43.3 Å². The molecule has 26 heavy (non-hydrogen) atoms. The van der Waals surface area contributed by atoms with Gasteiger partial charge >= 0.3 is 5.97 Å². The molecule has 9 nitrogen and oxygen atoms in total. The molecule has 9 heteroatoms. The lowest BCUT2D eigenvalue weighted by Crippen LogP contribution is -2.60. The molecule has 2 heterocycles. The van der Waals surface area contributed by atoms with Crippen molar-refractivity contribution >= 4 is 5.97 Å². The molecule has 2 aliphatic rings. The Balaban J connectivity index is 1.92. The molecule has 0 bridgehead atoms. The SMILES string of the molecule is Cc1c(OC2OC(CO)C(O)C(O)C2O)cc2c(c1O)C(=O)OC(C)C2. The predicted octanol–water partition coefficient (Wildman–Crippen LogP) is -1.02. The molecule has 5 N–H and O–H groups in total. The van der Waals surface area contributed by atoms with Gasteiger partial charge in [-0.2, -0.15) is 0 Å². The summed E-state index contributed by atoms with van der Waals surface area (Å²) < 4.78 is 16.0. The molecule has 3 rings (SSSR count). The molecule has 1 saturated heterocycles. The molecular weight excluding hydrogens is 348 g/mol. The lowest BCUT2D eigenvalue weighted by Gasteiger charge is -2.39. The van der Waals surface area contributed by atoms with Crippen LogP contribution < -0.4 is 4.74 Å². The third-order valence-electron chi connectivity index (χ3n) is 4.70. The van der Waals surface area contributed by atoms with Crippen molar-refractivity contribution in [3.8, 4) is 11.5 Å². The third-order valence-corrected chi connectivity index (χ3v) is 4.70. The number of esters is 1. The Morgan fingerprint density at radius 3 is 2.58 bits per heavy atom. The smallest absolute Gasteiger partial charge is 0.342 e. The second-order valence-electron chi connectivity index (χ2n) is 6.62. The molecule has 2 aliphatic heterocycles. The van der Waals surface area contributed by atoms with Gasteiger partial charge in [-0.1, -0.05) is 0 Å². The number of cyclic esters (lactones) is 1. The Hall–Kier alpha value is -1.91. The number of carbonyl (C=O) groups excluding carboxylic acids is 1. The average Bonchev–Trinajstić information content (AvgIpc) is 2.59. The first-order valence-corrected chi connectivity index (χ1v) is 8.28. The van der Waals surface area contributed by atoms with Crippen molar-refractivity contribution < 1.29 is 44.5 Å². The van der Waals surface area contributed by atoms with E-state index >= 15 is 0 Å². The molecule has 1 aromatic rings. The van der Waals surface area contributed by atoms with Crippen LogP contribution in [0.3, 0.4) is 0 Å². The summed E-state index contributed by atoms with van der Waals surface area (Å²) in [7, 11) is 0. The van der Waals surface area contributed by atoms with Gasteiger partial charge in [-0.3, -0.25) is 0 Å². The first-order chi connectivity index (χ1) is 12.2. The van der Waals surface area contributed by atoms with Crippen molar-refractivity contribution in [3.63, 3.8) is 0 Å². The normalized spacial score (nSPS) is 34.2. The van der Waals surface area contributed by atoms with E-state index in [0.29, 0.717) is 12.0 Å². The number of benzene rings is 1. The van der Waals surface area contributed by atoms with Crippen LogP contribution in [-0.4, -0.2) is 74.9 Å². The largest absolute Gasteiger partial charge is 0.507 e. The Morgan fingerprint density at radius 1 is 1.23 bits per heavy atom. The Morgan fingerprint density at radius 2 is 1.92 bits per heavy atom. The fourth-order valence-electron chi connectivity index (χ4n) is 3.19. The van der Waals surface area contributed by atoms with E-state index in [9.17, 15) is 30.3 Å². The first kappa shape index (κ1) is 18.9. The Bertz CT molecular complexity index is 702. The molecule has 0 spiro atoms. The molecule has 0 radical (unpaired) electrons. The number of aliphatic hydroxyl groups is 4. The quantitative estimate of drug-likeness (QED) is 0.422. The van der Waals surface area contributed by atoms with Crippen LogP contribution in [0.4, 0.5) is 0 Å². The highest BCUT2D eigenvalue weighted by Gasteiger charge is 2.45. The maximum Gasteiger partial charge on any atom is 0.342 e. The molecule has 6 unspecified atom stereocenters. The van der Waals surface area contributed by atoms with Gasteiger partial charge in [0.05, 0.1) is 6.61 Å². The van der Waals surface area contributed by atoms with E-state index in [1.165, 1.54) is 6.92 Å². The summed E-state index contributed by atoms with van der Waals surface area (Å²) in [6.07, 6.45) is -7.13. The lowest BCUT2D eigenvalue weighted by atomic mass is 9.95. The van der Waals surface area contributed by atoms with E-state index in [1.807, 2.05) is 0 Å². The number of ether oxygens (including phenoxy) is 3. The van der Waals surface area contributed by atoms with Crippen molar-refractivity contribution in [3.05, 3.63) is 22.8 Å². The number of hydrogen-bond acceptors (Lipinski definition) is 9. The van der Waals surface area contributed by atoms with Gasteiger partial charge < -0.3 is 39.7 Å². The van der Waals surface area contributed by atoms with Crippen LogP contribution in [0, 0.1) is 6.92 Å². The van der Waals surface area contributed by atoms with E-state index in [1.54, 1.807) is 13.0 Å². The van der Waals surface area contributed by atoms with E-state index in [4.69, 9.17) is 14.2 Å². The molecule has 1 aromatic carbocycles. The number of phenolic OH excluding ortho intramolecular Hbond substituents is 1. The minimum absolute atomic E-state index is 0.0711. The minimum atomic E-state index is -1.58. The topological polar surface area (TPSA) is 146 Å². The summed E-state index contributed by atoms with van der Waals surface area (Å²) in [4.78, 5) is 12.0. The maximum atomic E-state index is 12.0. The number of rotatable bonds is 3. The van der Waals surface area contributed by atoms with E-state index in [0.717, 1.165) is 0 Å². The number of phenols is 1. The maximum absolute atomic E-state index is 12.0. The number of aliphatic hydroxyl groups excluding tert-OH is 4. The molecule has 6 atom stereocenters. The van der Waals surface area contributed by atoms with Gasteiger partial charge in [0, 0.05) is 12.0 Å². The molecule has 0 saturated carbocycles. The zero-order chi connectivity index (χ0) is 19.2. The molecule has 0 aromatic heterocycles. The van der Waals surface area contributed by atoms with Crippen molar-refractivity contribution in [2.24, 2.45) is 0 Å².